The molecule has 1 fully saturated rings. The molecule has 0 unspecified atom stereocenters. The van der Waals surface area contributed by atoms with Crippen LogP contribution in [0.15, 0.2) is 0 Å². The number of carboxylic acids is 3. The van der Waals surface area contributed by atoms with Gasteiger partial charge in [-0.25, -0.2) is 0 Å². The van der Waals surface area contributed by atoms with Gasteiger partial charge in [0.1, 0.15) is 0 Å². The van der Waals surface area contributed by atoms with Crippen LogP contribution in [-0.2, 0) is 14.4 Å². The molecule has 0 aromatic heterocycles. The van der Waals surface area contributed by atoms with E-state index in [1.165, 1.54) is 0 Å². The SMILES string of the molecule is O=C([O-])C1CC(C(=O)[O-])CC(C(=O)[O-])C1.[Na+].[Na+].[Na+]. The van der Waals surface area contributed by atoms with E-state index in [1.54, 1.807) is 0 Å². The number of carbonyl (C=O) groups excluding carboxylic acids is 3. The first-order chi connectivity index (χ1) is 6.91. The predicted octanol–water partition coefficient (Wildman–Crippen LogP) is -12.7. The number of carboxylic acid groups (broad SMARTS) is 3. The van der Waals surface area contributed by atoms with Crippen LogP contribution in [0, 0.1) is 17.8 Å². The molecule has 0 N–H and O–H groups in total. The Balaban J connectivity index is -0.000000750. The van der Waals surface area contributed by atoms with E-state index in [0.29, 0.717) is 0 Å². The van der Waals surface area contributed by atoms with Crippen molar-refractivity contribution in [3.05, 3.63) is 0 Å². The molecule has 1 saturated carbocycles. The molecule has 0 atom stereocenters. The van der Waals surface area contributed by atoms with Crippen molar-refractivity contribution in [1.29, 1.82) is 0 Å². The van der Waals surface area contributed by atoms with Gasteiger partial charge >= 0.3 is 88.7 Å². The molecule has 0 saturated heterocycles. The van der Waals surface area contributed by atoms with E-state index in [0.717, 1.165) is 0 Å². The standard InChI is InChI=1S/C9H12O6.3Na/c10-7(11)4-1-5(8(12)13)3-6(2-4)9(14)15;;;/h4-6H,1-3H2,(H,10,11)(H,12,13)(H,14,15);;;/q;3*+1/p-3. The molecule has 0 heterocycles. The zero-order chi connectivity index (χ0) is 11.6. The molecule has 1 rings (SSSR count). The monoisotopic (exact) mass is 282 g/mol. The van der Waals surface area contributed by atoms with Crippen LogP contribution in [0.2, 0.25) is 0 Å². The third-order valence-corrected chi connectivity index (χ3v) is 2.71. The summed E-state index contributed by atoms with van der Waals surface area (Å²) >= 11 is 0. The van der Waals surface area contributed by atoms with E-state index in [9.17, 15) is 29.7 Å². The van der Waals surface area contributed by atoms with E-state index >= 15 is 0 Å². The Bertz CT molecular complexity index is 255. The van der Waals surface area contributed by atoms with Crippen molar-refractivity contribution in [2.75, 3.05) is 0 Å². The Morgan fingerprint density at radius 2 is 0.778 bits per heavy atom. The summed E-state index contributed by atoms with van der Waals surface area (Å²) in [4.78, 5) is 31.7. The topological polar surface area (TPSA) is 120 Å². The van der Waals surface area contributed by atoms with E-state index in [4.69, 9.17) is 0 Å². The van der Waals surface area contributed by atoms with Gasteiger partial charge in [-0.15, -0.1) is 0 Å². The number of rotatable bonds is 3. The summed E-state index contributed by atoms with van der Waals surface area (Å²) in [6, 6.07) is 0. The minimum Gasteiger partial charge on any atom is -0.550 e. The fourth-order valence-electron chi connectivity index (χ4n) is 1.90. The number of aliphatic carboxylic acids is 3. The molecule has 1 aliphatic rings. The van der Waals surface area contributed by atoms with Crippen molar-refractivity contribution in [2.45, 2.75) is 19.3 Å². The van der Waals surface area contributed by atoms with Gasteiger partial charge in [0.15, 0.2) is 0 Å². The summed E-state index contributed by atoms with van der Waals surface area (Å²) in [6.45, 7) is 0. The molecule has 9 heteroatoms. The van der Waals surface area contributed by atoms with Crippen LogP contribution in [-0.4, -0.2) is 17.9 Å². The normalized spacial score (nSPS) is 25.7. The number of hydrogen-bond acceptors (Lipinski definition) is 6. The Hall–Kier alpha value is 1.41. The molecule has 0 radical (unpaired) electrons. The predicted molar refractivity (Wildman–Crippen MR) is 39.3 cm³/mol. The first kappa shape index (κ1) is 24.4. The summed E-state index contributed by atoms with van der Waals surface area (Å²) in [7, 11) is 0. The summed E-state index contributed by atoms with van der Waals surface area (Å²) in [5.74, 6) is -7.43. The smallest absolute Gasteiger partial charge is 0.550 e. The first-order valence-electron chi connectivity index (χ1n) is 4.54. The van der Waals surface area contributed by atoms with Gasteiger partial charge in [0.25, 0.3) is 0 Å². The second-order valence-electron chi connectivity index (χ2n) is 3.75. The summed E-state index contributed by atoms with van der Waals surface area (Å²) < 4.78 is 0. The van der Waals surface area contributed by atoms with Crippen molar-refractivity contribution in [2.24, 2.45) is 17.8 Å². The van der Waals surface area contributed by atoms with Gasteiger partial charge in [-0.2, -0.15) is 0 Å². The van der Waals surface area contributed by atoms with Crippen LogP contribution in [0.3, 0.4) is 0 Å². The Kier molecular flexibility index (Phi) is 15.1. The molecular formula is C9H9Na3O6. The van der Waals surface area contributed by atoms with Crippen LogP contribution in [0.4, 0.5) is 0 Å². The van der Waals surface area contributed by atoms with Crippen molar-refractivity contribution in [1.82, 2.24) is 0 Å². The van der Waals surface area contributed by atoms with Gasteiger partial charge in [-0.1, -0.05) is 0 Å². The second-order valence-corrected chi connectivity index (χ2v) is 3.75. The molecule has 18 heavy (non-hydrogen) atoms. The van der Waals surface area contributed by atoms with Gasteiger partial charge in [0.2, 0.25) is 0 Å². The van der Waals surface area contributed by atoms with Crippen molar-refractivity contribution in [3.63, 3.8) is 0 Å². The van der Waals surface area contributed by atoms with Crippen LogP contribution >= 0.6 is 0 Å². The van der Waals surface area contributed by atoms with E-state index in [1.807, 2.05) is 0 Å². The van der Waals surface area contributed by atoms with Crippen LogP contribution < -0.4 is 104 Å². The van der Waals surface area contributed by atoms with Gasteiger partial charge < -0.3 is 29.7 Å². The fourth-order valence-corrected chi connectivity index (χ4v) is 1.90. The van der Waals surface area contributed by atoms with Crippen molar-refractivity contribution in [3.8, 4) is 0 Å². The molecule has 1 aliphatic carbocycles. The second kappa shape index (κ2) is 11.1. The molecule has 0 aromatic carbocycles. The summed E-state index contributed by atoms with van der Waals surface area (Å²) in [6.07, 6.45) is -0.392. The van der Waals surface area contributed by atoms with Crippen LogP contribution in [0.1, 0.15) is 19.3 Å². The zero-order valence-corrected chi connectivity index (χ0v) is 16.8. The summed E-state index contributed by atoms with van der Waals surface area (Å²) in [5.41, 5.74) is 0. The molecule has 84 valence electrons. The molecule has 6 nitrogen and oxygen atoms in total. The third kappa shape index (κ3) is 7.26. The fraction of sp³-hybridized carbons (Fsp3) is 0.667. The average molecular weight is 282 g/mol. The third-order valence-electron chi connectivity index (χ3n) is 2.71. The van der Waals surface area contributed by atoms with Crippen LogP contribution in [0.5, 0.6) is 0 Å². The Morgan fingerprint density at radius 1 is 0.611 bits per heavy atom. The van der Waals surface area contributed by atoms with E-state index in [-0.39, 0.29) is 108 Å². The van der Waals surface area contributed by atoms with E-state index < -0.39 is 35.7 Å². The zero-order valence-electron chi connectivity index (χ0n) is 10.8. The maximum Gasteiger partial charge on any atom is 1.00 e. The van der Waals surface area contributed by atoms with Gasteiger partial charge in [0, 0.05) is 17.9 Å². The number of hydrogen-bond donors (Lipinski definition) is 0. The molecule has 0 amide bonds. The average Bonchev–Trinajstić information content (AvgIpc) is 2.16. The Morgan fingerprint density at radius 3 is 0.889 bits per heavy atom. The Labute approximate surface area is 171 Å². The van der Waals surface area contributed by atoms with Gasteiger partial charge in [0.05, 0.1) is 0 Å². The molecule has 0 aliphatic heterocycles. The molecule has 0 aromatic rings. The van der Waals surface area contributed by atoms with Crippen LogP contribution in [0.25, 0.3) is 0 Å². The minimum atomic E-state index is -1.42. The first-order valence-corrected chi connectivity index (χ1v) is 4.54. The quantitative estimate of drug-likeness (QED) is 0.474. The maximum atomic E-state index is 10.6. The molecular weight excluding hydrogens is 273 g/mol. The summed E-state index contributed by atoms with van der Waals surface area (Å²) in [5, 5.41) is 31.7. The maximum absolute atomic E-state index is 10.6. The molecule has 0 bridgehead atoms. The van der Waals surface area contributed by atoms with Crippen molar-refractivity contribution < 1.29 is 118 Å². The minimum absolute atomic E-state index is 0. The largest absolute Gasteiger partial charge is 1.00 e. The van der Waals surface area contributed by atoms with Gasteiger partial charge in [-0.05, 0) is 37.0 Å². The van der Waals surface area contributed by atoms with E-state index in [2.05, 4.69) is 0 Å². The van der Waals surface area contributed by atoms with Crippen molar-refractivity contribution >= 4 is 17.9 Å². The van der Waals surface area contributed by atoms with Gasteiger partial charge in [-0.3, -0.25) is 0 Å². The number of carbonyl (C=O) groups is 3. The molecule has 0 spiro atoms.